The molecule has 19 heavy (non-hydrogen) atoms. The quantitative estimate of drug-likeness (QED) is 0.679. The van der Waals surface area contributed by atoms with E-state index >= 15 is 0 Å². The summed E-state index contributed by atoms with van der Waals surface area (Å²) in [5, 5.41) is 0. The van der Waals surface area contributed by atoms with Crippen molar-refractivity contribution in [1.82, 2.24) is 0 Å². The summed E-state index contributed by atoms with van der Waals surface area (Å²) in [4.78, 5) is 0. The molecule has 1 aromatic carbocycles. The lowest BCUT2D eigenvalue weighted by Gasteiger charge is -2.27. The predicted octanol–water partition coefficient (Wildman–Crippen LogP) is 5.73. The lowest BCUT2D eigenvalue weighted by atomic mass is 10.0. The monoisotopic (exact) mass is 328 g/mol. The van der Waals surface area contributed by atoms with Gasteiger partial charge >= 0.3 is 0 Å². The van der Waals surface area contributed by atoms with Crippen molar-refractivity contribution in [2.24, 2.45) is 0 Å². The molecule has 0 amide bonds. The Kier molecular flexibility index (Phi) is 5.41. The second-order valence-electron chi connectivity index (χ2n) is 4.92. The van der Waals surface area contributed by atoms with Crippen LogP contribution in [0.15, 0.2) is 18.2 Å². The first-order valence-electron chi connectivity index (χ1n) is 6.92. The van der Waals surface area contributed by atoms with E-state index in [9.17, 15) is 0 Å². The molecule has 0 bridgehead atoms. The van der Waals surface area contributed by atoms with Crippen molar-refractivity contribution in [1.29, 1.82) is 0 Å². The maximum atomic E-state index is 2.35. The van der Waals surface area contributed by atoms with Gasteiger partial charge in [-0.15, -0.1) is 47.0 Å². The molecule has 104 valence electrons. The van der Waals surface area contributed by atoms with E-state index in [1.54, 1.807) is 16.7 Å². The van der Waals surface area contributed by atoms with Crippen molar-refractivity contribution in [3.8, 4) is 0 Å². The molecule has 0 aliphatic carbocycles. The zero-order chi connectivity index (χ0) is 13.1. The first kappa shape index (κ1) is 14.6. The van der Waals surface area contributed by atoms with Crippen LogP contribution in [0.4, 0.5) is 0 Å². The molecule has 0 aromatic heterocycles. The Balaban J connectivity index is 1.84. The fourth-order valence-corrected chi connectivity index (χ4v) is 8.65. The smallest absolute Gasteiger partial charge is 0.0753 e. The highest BCUT2D eigenvalue weighted by atomic mass is 32.2. The van der Waals surface area contributed by atoms with Crippen LogP contribution in [0.2, 0.25) is 0 Å². The predicted molar refractivity (Wildman–Crippen MR) is 95.7 cm³/mol. The first-order chi connectivity index (χ1) is 9.36. The SMILES string of the molecule is Cc1c(C2SCCCS2)cccc1C1SCCCS1. The van der Waals surface area contributed by atoms with Gasteiger partial charge in [0.2, 0.25) is 0 Å². The highest BCUT2D eigenvalue weighted by Crippen LogP contribution is 2.49. The van der Waals surface area contributed by atoms with Gasteiger partial charge in [0, 0.05) is 0 Å². The number of benzene rings is 1. The molecule has 2 saturated heterocycles. The molecule has 2 aliphatic rings. The summed E-state index contributed by atoms with van der Waals surface area (Å²) in [6, 6.07) is 6.99. The summed E-state index contributed by atoms with van der Waals surface area (Å²) >= 11 is 8.54. The third-order valence-corrected chi connectivity index (χ3v) is 9.54. The molecule has 2 aliphatic heterocycles. The second kappa shape index (κ2) is 7.06. The largest absolute Gasteiger partial charge is 0.143 e. The minimum Gasteiger partial charge on any atom is -0.143 e. The van der Waals surface area contributed by atoms with Gasteiger partial charge in [-0.2, -0.15) is 0 Å². The van der Waals surface area contributed by atoms with Crippen LogP contribution in [0, 0.1) is 6.92 Å². The summed E-state index contributed by atoms with van der Waals surface area (Å²) in [5.74, 6) is 5.31. The molecule has 0 atom stereocenters. The molecule has 0 N–H and O–H groups in total. The molecule has 0 unspecified atom stereocenters. The zero-order valence-corrected chi connectivity index (χ0v) is 14.5. The van der Waals surface area contributed by atoms with Gasteiger partial charge in [-0.1, -0.05) is 18.2 Å². The van der Waals surface area contributed by atoms with Crippen LogP contribution in [-0.4, -0.2) is 23.0 Å². The molecular weight excluding hydrogens is 308 g/mol. The van der Waals surface area contributed by atoms with Crippen molar-refractivity contribution in [2.45, 2.75) is 28.9 Å². The zero-order valence-electron chi connectivity index (χ0n) is 11.3. The van der Waals surface area contributed by atoms with Gasteiger partial charge in [0.1, 0.15) is 0 Å². The molecule has 2 heterocycles. The van der Waals surface area contributed by atoms with Crippen LogP contribution in [-0.2, 0) is 0 Å². The van der Waals surface area contributed by atoms with Gasteiger partial charge in [0.05, 0.1) is 9.16 Å². The van der Waals surface area contributed by atoms with E-state index in [1.807, 2.05) is 0 Å². The van der Waals surface area contributed by atoms with Gasteiger partial charge in [0.25, 0.3) is 0 Å². The summed E-state index contributed by atoms with van der Waals surface area (Å²) in [6.45, 7) is 2.34. The highest BCUT2D eigenvalue weighted by molar-refractivity contribution is 8.17. The minimum absolute atomic E-state index is 0.673. The molecule has 1 aromatic rings. The standard InChI is InChI=1S/C15H20S4/c1-11-12(14-16-7-3-8-17-14)5-2-6-13(11)15-18-9-4-10-19-15/h2,5-6,14-15H,3-4,7-10H2,1H3. The minimum atomic E-state index is 0.673. The summed E-state index contributed by atoms with van der Waals surface area (Å²) in [6.07, 6.45) is 2.75. The van der Waals surface area contributed by atoms with E-state index in [1.165, 1.54) is 35.9 Å². The van der Waals surface area contributed by atoms with Gasteiger partial charge < -0.3 is 0 Å². The second-order valence-corrected chi connectivity index (χ2v) is 10.4. The van der Waals surface area contributed by atoms with Crippen LogP contribution in [0.25, 0.3) is 0 Å². The summed E-state index contributed by atoms with van der Waals surface area (Å²) in [5.41, 5.74) is 4.72. The van der Waals surface area contributed by atoms with Crippen LogP contribution >= 0.6 is 47.0 Å². The van der Waals surface area contributed by atoms with Crippen molar-refractivity contribution in [2.75, 3.05) is 23.0 Å². The van der Waals surface area contributed by atoms with E-state index in [-0.39, 0.29) is 0 Å². The first-order valence-corrected chi connectivity index (χ1v) is 11.1. The van der Waals surface area contributed by atoms with Crippen molar-refractivity contribution < 1.29 is 0 Å². The Morgan fingerprint density at radius 1 is 0.789 bits per heavy atom. The average Bonchev–Trinajstić information content (AvgIpc) is 2.49. The Hall–Kier alpha value is 0.620. The van der Waals surface area contributed by atoms with Crippen molar-refractivity contribution >= 4 is 47.0 Å². The number of rotatable bonds is 2. The van der Waals surface area contributed by atoms with E-state index < -0.39 is 0 Å². The van der Waals surface area contributed by atoms with E-state index in [0.29, 0.717) is 9.16 Å². The normalized spacial score (nSPS) is 22.6. The van der Waals surface area contributed by atoms with Gasteiger partial charge in [0.15, 0.2) is 0 Å². The lowest BCUT2D eigenvalue weighted by molar-refractivity contribution is 1.08. The van der Waals surface area contributed by atoms with Crippen LogP contribution in [0.3, 0.4) is 0 Å². The van der Waals surface area contributed by atoms with E-state index in [4.69, 9.17) is 0 Å². The summed E-state index contributed by atoms with van der Waals surface area (Å²) < 4.78 is 1.35. The molecular formula is C15H20S4. The maximum Gasteiger partial charge on any atom is 0.0753 e. The third kappa shape index (κ3) is 3.45. The average molecular weight is 329 g/mol. The molecule has 3 rings (SSSR count). The Morgan fingerprint density at radius 3 is 1.63 bits per heavy atom. The third-order valence-electron chi connectivity index (χ3n) is 3.58. The highest BCUT2D eigenvalue weighted by Gasteiger charge is 2.23. The molecule has 0 spiro atoms. The van der Waals surface area contributed by atoms with E-state index in [0.717, 1.165) is 0 Å². The van der Waals surface area contributed by atoms with Crippen LogP contribution < -0.4 is 0 Å². The molecule has 0 saturated carbocycles. The number of thioether (sulfide) groups is 4. The van der Waals surface area contributed by atoms with Crippen LogP contribution in [0.1, 0.15) is 38.7 Å². The van der Waals surface area contributed by atoms with Gasteiger partial charge in [-0.05, 0) is 59.5 Å². The fourth-order valence-electron chi connectivity index (χ4n) is 2.52. The van der Waals surface area contributed by atoms with Gasteiger partial charge in [-0.3, -0.25) is 0 Å². The molecule has 4 heteroatoms. The fraction of sp³-hybridized carbons (Fsp3) is 0.600. The Labute approximate surface area is 133 Å². The Morgan fingerprint density at radius 2 is 1.21 bits per heavy atom. The molecule has 0 radical (unpaired) electrons. The van der Waals surface area contributed by atoms with E-state index in [2.05, 4.69) is 72.2 Å². The van der Waals surface area contributed by atoms with Crippen molar-refractivity contribution in [3.63, 3.8) is 0 Å². The molecule has 0 nitrogen and oxygen atoms in total. The van der Waals surface area contributed by atoms with Crippen LogP contribution in [0.5, 0.6) is 0 Å². The Bertz CT molecular complexity index is 384. The number of hydrogen-bond acceptors (Lipinski definition) is 4. The van der Waals surface area contributed by atoms with Gasteiger partial charge in [-0.25, -0.2) is 0 Å². The maximum absolute atomic E-state index is 2.35. The topological polar surface area (TPSA) is 0 Å². The number of hydrogen-bond donors (Lipinski definition) is 0. The van der Waals surface area contributed by atoms with Crippen molar-refractivity contribution in [3.05, 3.63) is 34.9 Å². The lowest BCUT2D eigenvalue weighted by Crippen LogP contribution is -2.06. The molecule has 2 fully saturated rings. The summed E-state index contributed by atoms with van der Waals surface area (Å²) in [7, 11) is 0.